The summed E-state index contributed by atoms with van der Waals surface area (Å²) in [7, 11) is -3.80. The second-order valence-corrected chi connectivity index (χ2v) is 9.99. The standard InChI is InChI=1S/C22H26ClFN2O4S/c1-15(2)25-31(28,29)19-8-9-21(23)20(12-19)22(27)26(14-18-7-4-10-30-18)13-16-5-3-6-17(24)11-16/h3,5-6,8-9,11-12,15,18,25H,4,7,10,13-14H2,1-2H3. The van der Waals surface area contributed by atoms with E-state index in [1.807, 2.05) is 0 Å². The van der Waals surface area contributed by atoms with Gasteiger partial charge >= 0.3 is 0 Å². The number of sulfonamides is 1. The first-order valence-electron chi connectivity index (χ1n) is 10.1. The van der Waals surface area contributed by atoms with Crippen LogP contribution in [0.3, 0.4) is 0 Å². The zero-order valence-corrected chi connectivity index (χ0v) is 19.0. The van der Waals surface area contributed by atoms with Gasteiger partial charge in [0.1, 0.15) is 5.82 Å². The number of rotatable bonds is 8. The Bertz CT molecular complexity index is 1040. The Morgan fingerprint density at radius 2 is 2.06 bits per heavy atom. The van der Waals surface area contributed by atoms with E-state index in [1.54, 1.807) is 26.0 Å². The lowest BCUT2D eigenvalue weighted by molar-refractivity contribution is 0.0507. The molecule has 6 nitrogen and oxygen atoms in total. The van der Waals surface area contributed by atoms with Gasteiger partial charge in [-0.1, -0.05) is 23.7 Å². The van der Waals surface area contributed by atoms with Gasteiger partial charge in [0.25, 0.3) is 5.91 Å². The predicted molar refractivity (Wildman–Crippen MR) is 117 cm³/mol. The highest BCUT2D eigenvalue weighted by molar-refractivity contribution is 7.89. The Kier molecular flexibility index (Phi) is 7.69. The van der Waals surface area contributed by atoms with Crippen molar-refractivity contribution in [3.05, 3.63) is 64.4 Å². The highest BCUT2D eigenvalue weighted by Crippen LogP contribution is 2.24. The van der Waals surface area contributed by atoms with Crippen molar-refractivity contribution < 1.29 is 22.3 Å². The third-order valence-corrected chi connectivity index (χ3v) is 6.85. The number of nitrogens with zero attached hydrogens (tertiary/aromatic N) is 1. The molecule has 1 atom stereocenters. The molecule has 2 aromatic carbocycles. The molecule has 1 N–H and O–H groups in total. The van der Waals surface area contributed by atoms with E-state index in [0.717, 1.165) is 12.8 Å². The van der Waals surface area contributed by atoms with Crippen LogP contribution in [0.25, 0.3) is 0 Å². The molecule has 0 spiro atoms. The SMILES string of the molecule is CC(C)NS(=O)(=O)c1ccc(Cl)c(C(=O)N(Cc2cccc(F)c2)CC2CCCO2)c1. The summed E-state index contributed by atoms with van der Waals surface area (Å²) in [5.74, 6) is -0.834. The summed E-state index contributed by atoms with van der Waals surface area (Å²) in [6.45, 7) is 4.49. The zero-order chi connectivity index (χ0) is 22.6. The van der Waals surface area contributed by atoms with Crippen LogP contribution in [-0.2, 0) is 21.3 Å². The average molecular weight is 469 g/mol. The van der Waals surface area contributed by atoms with Crippen molar-refractivity contribution in [1.82, 2.24) is 9.62 Å². The molecule has 3 rings (SSSR count). The van der Waals surface area contributed by atoms with E-state index in [0.29, 0.717) is 18.7 Å². The molecule has 1 aliphatic heterocycles. The van der Waals surface area contributed by atoms with Gasteiger partial charge in [-0.2, -0.15) is 0 Å². The Morgan fingerprint density at radius 3 is 2.71 bits per heavy atom. The number of ether oxygens (including phenoxy) is 1. The maximum atomic E-state index is 13.7. The molecular formula is C22H26ClFN2O4S. The van der Waals surface area contributed by atoms with Crippen LogP contribution < -0.4 is 4.72 Å². The van der Waals surface area contributed by atoms with Crippen molar-refractivity contribution in [2.75, 3.05) is 13.2 Å². The molecule has 1 aliphatic rings. The number of hydrogen-bond acceptors (Lipinski definition) is 4. The largest absolute Gasteiger partial charge is 0.376 e. The second kappa shape index (κ2) is 10.1. The third-order valence-electron chi connectivity index (χ3n) is 4.87. The quantitative estimate of drug-likeness (QED) is 0.635. The molecule has 9 heteroatoms. The molecule has 0 radical (unpaired) electrons. The third kappa shape index (κ3) is 6.26. The minimum atomic E-state index is -3.80. The summed E-state index contributed by atoms with van der Waals surface area (Å²) in [6, 6.07) is 9.75. The molecule has 31 heavy (non-hydrogen) atoms. The first-order valence-corrected chi connectivity index (χ1v) is 12.0. The Hall–Kier alpha value is -2.00. The first kappa shape index (κ1) is 23.7. The van der Waals surface area contributed by atoms with E-state index in [-0.39, 0.29) is 34.2 Å². The van der Waals surface area contributed by atoms with Gasteiger partial charge in [0, 0.05) is 25.7 Å². The van der Waals surface area contributed by atoms with Gasteiger partial charge in [-0.15, -0.1) is 0 Å². The van der Waals surface area contributed by atoms with Gasteiger partial charge in [0.15, 0.2) is 0 Å². The summed E-state index contributed by atoms with van der Waals surface area (Å²) in [4.78, 5) is 14.9. The molecule has 1 unspecified atom stereocenters. The fourth-order valence-electron chi connectivity index (χ4n) is 3.49. The average Bonchev–Trinajstić information content (AvgIpc) is 3.19. The smallest absolute Gasteiger partial charge is 0.255 e. The van der Waals surface area contributed by atoms with Gasteiger partial charge in [0.2, 0.25) is 10.0 Å². The summed E-state index contributed by atoms with van der Waals surface area (Å²) in [6.07, 6.45) is 1.58. The molecule has 1 amide bonds. The van der Waals surface area contributed by atoms with Crippen LogP contribution in [0.1, 0.15) is 42.6 Å². The molecule has 0 aliphatic carbocycles. The lowest BCUT2D eigenvalue weighted by atomic mass is 10.1. The molecular weight excluding hydrogens is 443 g/mol. The van der Waals surface area contributed by atoms with E-state index in [1.165, 1.54) is 35.2 Å². The minimum Gasteiger partial charge on any atom is -0.376 e. The van der Waals surface area contributed by atoms with Crippen LogP contribution in [-0.4, -0.2) is 44.5 Å². The monoisotopic (exact) mass is 468 g/mol. The van der Waals surface area contributed by atoms with Gasteiger partial charge < -0.3 is 9.64 Å². The maximum absolute atomic E-state index is 13.7. The summed E-state index contributed by atoms with van der Waals surface area (Å²) < 4.78 is 47.0. The van der Waals surface area contributed by atoms with Crippen molar-refractivity contribution in [1.29, 1.82) is 0 Å². The fourth-order valence-corrected chi connectivity index (χ4v) is 4.97. The van der Waals surface area contributed by atoms with Crippen LogP contribution in [0.15, 0.2) is 47.4 Å². The van der Waals surface area contributed by atoms with E-state index in [9.17, 15) is 17.6 Å². The highest BCUT2D eigenvalue weighted by Gasteiger charge is 2.26. The second-order valence-electron chi connectivity index (χ2n) is 7.87. The van der Waals surface area contributed by atoms with Gasteiger partial charge in [0.05, 0.1) is 21.6 Å². The van der Waals surface area contributed by atoms with Gasteiger partial charge in [-0.25, -0.2) is 17.5 Å². The van der Waals surface area contributed by atoms with Crippen LogP contribution >= 0.6 is 11.6 Å². The highest BCUT2D eigenvalue weighted by atomic mass is 35.5. The molecule has 0 bridgehead atoms. The Morgan fingerprint density at radius 1 is 1.29 bits per heavy atom. The summed E-state index contributed by atoms with van der Waals surface area (Å²) >= 11 is 6.28. The number of halogens is 2. The molecule has 2 aromatic rings. The topological polar surface area (TPSA) is 75.7 Å². The van der Waals surface area contributed by atoms with Crippen LogP contribution in [0.4, 0.5) is 4.39 Å². The fraction of sp³-hybridized carbons (Fsp3) is 0.409. The lowest BCUT2D eigenvalue weighted by Crippen LogP contribution is -2.37. The molecule has 1 saturated heterocycles. The van der Waals surface area contributed by atoms with Crippen molar-refractivity contribution in [3.63, 3.8) is 0 Å². The van der Waals surface area contributed by atoms with Crippen molar-refractivity contribution in [3.8, 4) is 0 Å². The predicted octanol–water partition coefficient (Wildman–Crippen LogP) is 3.99. The number of nitrogens with one attached hydrogen (secondary N) is 1. The molecule has 1 heterocycles. The van der Waals surface area contributed by atoms with E-state index in [2.05, 4.69) is 4.72 Å². The normalized spacial score (nSPS) is 16.6. The van der Waals surface area contributed by atoms with Crippen LogP contribution in [0, 0.1) is 5.82 Å². The molecule has 168 valence electrons. The van der Waals surface area contributed by atoms with Gasteiger partial charge in [-0.3, -0.25) is 4.79 Å². The maximum Gasteiger partial charge on any atom is 0.255 e. The van der Waals surface area contributed by atoms with Crippen LogP contribution in [0.2, 0.25) is 5.02 Å². The molecule has 0 aromatic heterocycles. The summed E-state index contributed by atoms with van der Waals surface area (Å²) in [5, 5.41) is 0.144. The zero-order valence-electron chi connectivity index (χ0n) is 17.5. The summed E-state index contributed by atoms with van der Waals surface area (Å²) in [5.41, 5.74) is 0.690. The Balaban J connectivity index is 1.93. The first-order chi connectivity index (χ1) is 14.7. The van der Waals surface area contributed by atoms with Gasteiger partial charge in [-0.05, 0) is 62.6 Å². The number of carbonyl (C=O) groups is 1. The number of carbonyl (C=O) groups excluding carboxylic acids is 1. The number of hydrogen-bond donors (Lipinski definition) is 1. The van der Waals surface area contributed by atoms with Crippen molar-refractivity contribution in [2.24, 2.45) is 0 Å². The van der Waals surface area contributed by atoms with Crippen molar-refractivity contribution in [2.45, 2.75) is 50.3 Å². The van der Waals surface area contributed by atoms with Crippen molar-refractivity contribution >= 4 is 27.5 Å². The van der Waals surface area contributed by atoms with E-state index in [4.69, 9.17) is 16.3 Å². The number of amides is 1. The van der Waals surface area contributed by atoms with Crippen LogP contribution in [0.5, 0.6) is 0 Å². The number of benzene rings is 2. The van der Waals surface area contributed by atoms with E-state index < -0.39 is 21.7 Å². The van der Waals surface area contributed by atoms with E-state index >= 15 is 0 Å². The Labute approximate surface area is 187 Å². The minimum absolute atomic E-state index is 0.0447. The molecule has 0 saturated carbocycles. The molecule has 1 fully saturated rings. The lowest BCUT2D eigenvalue weighted by Gasteiger charge is -2.26.